The zero-order chi connectivity index (χ0) is 17.6. The molecule has 2 heterocycles. The minimum Gasteiger partial charge on any atom is -0.494 e. The van der Waals surface area contributed by atoms with Gasteiger partial charge in [-0.3, -0.25) is 9.80 Å². The first-order valence-corrected chi connectivity index (χ1v) is 9.25. The summed E-state index contributed by atoms with van der Waals surface area (Å²) < 4.78 is 7.75. The predicted molar refractivity (Wildman–Crippen MR) is 98.5 cm³/mol. The maximum absolute atomic E-state index is 5.77. The van der Waals surface area contributed by atoms with Crippen molar-refractivity contribution in [1.29, 1.82) is 0 Å². The van der Waals surface area contributed by atoms with Crippen LogP contribution in [0.2, 0.25) is 0 Å². The minimum atomic E-state index is 0.495. The lowest BCUT2D eigenvalue weighted by Crippen LogP contribution is -2.51. The number of hydrogen-bond donors (Lipinski definition) is 0. The van der Waals surface area contributed by atoms with Crippen molar-refractivity contribution >= 4 is 0 Å². The highest BCUT2D eigenvalue weighted by atomic mass is 16.5. The molecular formula is C19H29N5O. The van der Waals surface area contributed by atoms with Gasteiger partial charge in [0, 0.05) is 44.3 Å². The van der Waals surface area contributed by atoms with E-state index in [2.05, 4.69) is 51.9 Å². The fourth-order valence-corrected chi connectivity index (χ4v) is 3.48. The normalized spacial score (nSPS) is 19.2. The molecule has 1 aliphatic rings. The highest BCUT2D eigenvalue weighted by molar-refractivity contribution is 5.33. The Morgan fingerprint density at radius 3 is 2.76 bits per heavy atom. The molecule has 136 valence electrons. The molecule has 0 spiro atoms. The molecule has 1 aromatic carbocycles. The number of hydrogen-bond acceptors (Lipinski definition) is 5. The molecule has 0 aliphatic carbocycles. The van der Waals surface area contributed by atoms with Gasteiger partial charge in [-0.2, -0.15) is 5.10 Å². The third-order valence-electron chi connectivity index (χ3n) is 4.86. The smallest absolute Gasteiger partial charge is 0.141 e. The van der Waals surface area contributed by atoms with Crippen LogP contribution in [0.25, 0.3) is 0 Å². The van der Waals surface area contributed by atoms with E-state index in [1.54, 1.807) is 6.33 Å². The summed E-state index contributed by atoms with van der Waals surface area (Å²) >= 11 is 0. The topological polar surface area (TPSA) is 46.4 Å². The summed E-state index contributed by atoms with van der Waals surface area (Å²) in [5.41, 5.74) is 1.27. The van der Waals surface area contributed by atoms with E-state index in [0.29, 0.717) is 12.6 Å². The molecule has 1 atom stereocenters. The Balaban J connectivity index is 1.58. The number of rotatable bonds is 7. The lowest BCUT2D eigenvalue weighted by Gasteiger charge is -2.39. The third-order valence-corrected chi connectivity index (χ3v) is 4.86. The van der Waals surface area contributed by atoms with Crippen LogP contribution < -0.4 is 4.74 Å². The van der Waals surface area contributed by atoms with Crippen molar-refractivity contribution < 1.29 is 4.74 Å². The van der Waals surface area contributed by atoms with Gasteiger partial charge in [-0.1, -0.05) is 18.2 Å². The van der Waals surface area contributed by atoms with Crippen LogP contribution >= 0.6 is 0 Å². The van der Waals surface area contributed by atoms with E-state index >= 15 is 0 Å². The molecule has 2 aromatic rings. The van der Waals surface area contributed by atoms with Gasteiger partial charge in [0.25, 0.3) is 0 Å². The summed E-state index contributed by atoms with van der Waals surface area (Å²) in [5.74, 6) is 2.07. The summed E-state index contributed by atoms with van der Waals surface area (Å²) in [6.07, 6.45) is 1.66. The molecule has 0 saturated carbocycles. The van der Waals surface area contributed by atoms with Crippen molar-refractivity contribution in [3.8, 4) is 5.75 Å². The van der Waals surface area contributed by atoms with Crippen molar-refractivity contribution in [3.05, 3.63) is 42.0 Å². The molecule has 3 rings (SSSR count). The zero-order valence-electron chi connectivity index (χ0n) is 15.6. The van der Waals surface area contributed by atoms with Gasteiger partial charge in [0.2, 0.25) is 0 Å². The maximum atomic E-state index is 5.77. The molecule has 1 fully saturated rings. The van der Waals surface area contributed by atoms with Gasteiger partial charge in [0.1, 0.15) is 17.9 Å². The summed E-state index contributed by atoms with van der Waals surface area (Å²) in [4.78, 5) is 9.43. The molecule has 1 unspecified atom stereocenters. The van der Waals surface area contributed by atoms with Crippen LogP contribution in [-0.4, -0.2) is 56.8 Å². The number of ether oxygens (including phenoxy) is 1. The van der Waals surface area contributed by atoms with Gasteiger partial charge in [-0.15, -0.1) is 0 Å². The van der Waals surface area contributed by atoms with Gasteiger partial charge in [0.15, 0.2) is 0 Å². The minimum absolute atomic E-state index is 0.495. The van der Waals surface area contributed by atoms with Crippen LogP contribution in [0.3, 0.4) is 0 Å². The number of piperazine rings is 1. The number of para-hydroxylation sites is 1. The van der Waals surface area contributed by atoms with E-state index in [9.17, 15) is 0 Å². The second-order valence-corrected chi connectivity index (χ2v) is 6.59. The van der Waals surface area contributed by atoms with Gasteiger partial charge in [-0.25, -0.2) is 9.67 Å². The van der Waals surface area contributed by atoms with Crippen LogP contribution in [0.5, 0.6) is 5.75 Å². The Labute approximate surface area is 150 Å². The fourth-order valence-electron chi connectivity index (χ4n) is 3.48. The number of aromatic nitrogens is 3. The van der Waals surface area contributed by atoms with Gasteiger partial charge >= 0.3 is 0 Å². The molecule has 0 amide bonds. The Hall–Kier alpha value is -1.92. The molecule has 6 heteroatoms. The van der Waals surface area contributed by atoms with Crippen molar-refractivity contribution in [2.45, 2.75) is 46.4 Å². The summed E-state index contributed by atoms with van der Waals surface area (Å²) in [5, 5.41) is 4.28. The van der Waals surface area contributed by atoms with Crippen LogP contribution in [-0.2, 0) is 19.6 Å². The first kappa shape index (κ1) is 17.9. The average molecular weight is 343 g/mol. The SMILES string of the molecule is CCOc1ccccc1CN1CCN(Cc2ncnn2CC)C(C)C1. The fraction of sp³-hybridized carbons (Fsp3) is 0.579. The monoisotopic (exact) mass is 343 g/mol. The first-order chi connectivity index (χ1) is 12.2. The van der Waals surface area contributed by atoms with Gasteiger partial charge in [-0.05, 0) is 26.8 Å². The van der Waals surface area contributed by atoms with Gasteiger partial charge in [0.05, 0.1) is 13.2 Å². The summed E-state index contributed by atoms with van der Waals surface area (Å²) in [6, 6.07) is 8.87. The molecule has 1 aliphatic heterocycles. The summed E-state index contributed by atoms with van der Waals surface area (Å²) in [7, 11) is 0. The number of nitrogens with zero attached hydrogens (tertiary/aromatic N) is 5. The molecule has 25 heavy (non-hydrogen) atoms. The zero-order valence-corrected chi connectivity index (χ0v) is 15.6. The molecule has 0 N–H and O–H groups in total. The molecule has 6 nitrogen and oxygen atoms in total. The lowest BCUT2D eigenvalue weighted by atomic mass is 10.1. The second-order valence-electron chi connectivity index (χ2n) is 6.59. The summed E-state index contributed by atoms with van der Waals surface area (Å²) in [6.45, 7) is 13.0. The van der Waals surface area contributed by atoms with E-state index in [1.165, 1.54) is 5.56 Å². The molecule has 1 saturated heterocycles. The van der Waals surface area contributed by atoms with Crippen LogP contribution in [0.1, 0.15) is 32.2 Å². The quantitative estimate of drug-likeness (QED) is 0.772. The average Bonchev–Trinajstić information content (AvgIpc) is 3.06. The lowest BCUT2D eigenvalue weighted by molar-refractivity contribution is 0.0697. The second kappa shape index (κ2) is 8.45. The highest BCUT2D eigenvalue weighted by Crippen LogP contribution is 2.22. The van der Waals surface area contributed by atoms with Crippen LogP contribution in [0.15, 0.2) is 30.6 Å². The maximum Gasteiger partial charge on any atom is 0.141 e. The number of benzene rings is 1. The van der Waals surface area contributed by atoms with Crippen molar-refractivity contribution in [1.82, 2.24) is 24.6 Å². The van der Waals surface area contributed by atoms with Crippen LogP contribution in [0.4, 0.5) is 0 Å². The van der Waals surface area contributed by atoms with Crippen LogP contribution in [0, 0.1) is 0 Å². The largest absolute Gasteiger partial charge is 0.494 e. The van der Waals surface area contributed by atoms with E-state index in [-0.39, 0.29) is 0 Å². The van der Waals surface area contributed by atoms with E-state index in [0.717, 1.165) is 50.8 Å². The van der Waals surface area contributed by atoms with Crippen molar-refractivity contribution in [2.75, 3.05) is 26.2 Å². The Kier molecular flexibility index (Phi) is 6.04. The van der Waals surface area contributed by atoms with Gasteiger partial charge < -0.3 is 4.74 Å². The van der Waals surface area contributed by atoms with E-state index in [4.69, 9.17) is 4.74 Å². The Morgan fingerprint density at radius 1 is 1.16 bits per heavy atom. The molecule has 0 radical (unpaired) electrons. The highest BCUT2D eigenvalue weighted by Gasteiger charge is 2.25. The number of aryl methyl sites for hydroxylation is 1. The third kappa shape index (κ3) is 4.38. The van der Waals surface area contributed by atoms with Crippen molar-refractivity contribution in [2.24, 2.45) is 0 Å². The van der Waals surface area contributed by atoms with E-state index < -0.39 is 0 Å². The molecular weight excluding hydrogens is 314 g/mol. The first-order valence-electron chi connectivity index (χ1n) is 9.25. The van der Waals surface area contributed by atoms with E-state index in [1.807, 2.05) is 17.7 Å². The predicted octanol–water partition coefficient (Wildman–Crippen LogP) is 2.40. The molecule has 0 bridgehead atoms. The Bertz CT molecular complexity index is 671. The Morgan fingerprint density at radius 2 is 2.00 bits per heavy atom. The molecule has 1 aromatic heterocycles. The van der Waals surface area contributed by atoms with Crippen molar-refractivity contribution in [3.63, 3.8) is 0 Å². The standard InChI is InChI=1S/C19H29N5O/c1-4-24-19(20-15-21-24)14-23-11-10-22(12-16(23)3)13-17-8-6-7-9-18(17)25-5-2/h6-9,15-16H,4-5,10-14H2,1-3H3.